The van der Waals surface area contributed by atoms with Crippen molar-refractivity contribution in [1.29, 1.82) is 0 Å². The molecule has 0 unspecified atom stereocenters. The summed E-state index contributed by atoms with van der Waals surface area (Å²) in [6.07, 6.45) is 1.87. The monoisotopic (exact) mass is 614 g/mol. The number of hydrogen-bond acceptors (Lipinski definition) is 1. The second kappa shape index (κ2) is 10.1. The Bertz CT molecular complexity index is 2630. The Balaban J connectivity index is 1.29. The number of rotatable bonds is 4. The average Bonchev–Trinajstić information content (AvgIpc) is 3.78. The second-order valence-electron chi connectivity index (χ2n) is 12.6. The molecule has 6 aromatic carbocycles. The summed E-state index contributed by atoms with van der Waals surface area (Å²) in [5.74, 6) is 0.916. The first-order valence-electron chi connectivity index (χ1n) is 16.4. The largest absolute Gasteiger partial charge is 0.496 e. The Labute approximate surface area is 278 Å². The van der Waals surface area contributed by atoms with E-state index in [9.17, 15) is 0 Å². The molecule has 0 radical (unpaired) electrons. The molecule has 48 heavy (non-hydrogen) atoms. The van der Waals surface area contributed by atoms with Gasteiger partial charge in [-0.15, -0.1) is 0 Å². The van der Waals surface area contributed by atoms with Crippen molar-refractivity contribution in [2.45, 2.75) is 5.41 Å². The van der Waals surface area contributed by atoms with Crippen molar-refractivity contribution < 1.29 is 4.58 Å². The van der Waals surface area contributed by atoms with E-state index in [0.29, 0.717) is 0 Å². The Morgan fingerprint density at radius 2 is 1.23 bits per heavy atom. The molecular formula is C44H30N4+2. The first kappa shape index (κ1) is 26.8. The lowest BCUT2D eigenvalue weighted by Crippen LogP contribution is -2.28. The zero-order valence-corrected chi connectivity index (χ0v) is 26.4. The van der Waals surface area contributed by atoms with Crippen molar-refractivity contribution in [3.63, 3.8) is 0 Å². The van der Waals surface area contributed by atoms with E-state index in [0.717, 1.165) is 33.9 Å². The summed E-state index contributed by atoms with van der Waals surface area (Å²) in [6, 6.07) is 60.8. The predicted octanol–water partition coefficient (Wildman–Crippen LogP) is 9.84. The Morgan fingerprint density at radius 3 is 2.02 bits per heavy atom. The fourth-order valence-electron chi connectivity index (χ4n) is 8.23. The van der Waals surface area contributed by atoms with Gasteiger partial charge in [0.25, 0.3) is 11.4 Å². The highest BCUT2D eigenvalue weighted by Crippen LogP contribution is 2.57. The van der Waals surface area contributed by atoms with Crippen molar-refractivity contribution in [2.24, 2.45) is 0 Å². The number of para-hydroxylation sites is 3. The van der Waals surface area contributed by atoms with Crippen LogP contribution in [0.25, 0.3) is 38.8 Å². The van der Waals surface area contributed by atoms with Crippen LogP contribution in [0.5, 0.6) is 0 Å². The molecule has 0 spiro atoms. The quantitative estimate of drug-likeness (QED) is 0.181. The molecule has 1 aliphatic carbocycles. The van der Waals surface area contributed by atoms with Gasteiger partial charge in [-0.25, -0.2) is 4.98 Å². The van der Waals surface area contributed by atoms with Crippen LogP contribution in [0.4, 0.5) is 17.1 Å². The van der Waals surface area contributed by atoms with Gasteiger partial charge in [-0.1, -0.05) is 108 Å². The van der Waals surface area contributed by atoms with Gasteiger partial charge in [0, 0.05) is 41.2 Å². The predicted molar refractivity (Wildman–Crippen MR) is 195 cm³/mol. The summed E-state index contributed by atoms with van der Waals surface area (Å²) in [5, 5.41) is 2.42. The average molecular weight is 615 g/mol. The summed E-state index contributed by atoms with van der Waals surface area (Å²) in [5.41, 5.74) is 12.7. The van der Waals surface area contributed by atoms with Crippen LogP contribution >= 0.6 is 0 Å². The molecule has 3 heterocycles. The minimum absolute atomic E-state index is 0.545. The van der Waals surface area contributed by atoms with Crippen LogP contribution in [-0.4, -0.2) is 27.2 Å². The zero-order valence-electron chi connectivity index (χ0n) is 26.4. The Morgan fingerprint density at radius 1 is 0.562 bits per heavy atom. The fraction of sp³-hybridized carbons (Fsp3) is 0.0455. The number of benzene rings is 6. The molecule has 0 saturated carbocycles. The molecule has 2 aliphatic rings. The van der Waals surface area contributed by atoms with E-state index >= 15 is 0 Å². The number of nitrogens with zero attached hydrogens (tertiary/aromatic N) is 4. The molecule has 4 nitrogen and oxygen atoms in total. The lowest BCUT2D eigenvalue weighted by Gasteiger charge is -2.34. The summed E-state index contributed by atoms with van der Waals surface area (Å²) in [7, 11) is 2.06. The lowest BCUT2D eigenvalue weighted by molar-refractivity contribution is -0.394. The third kappa shape index (κ3) is 3.58. The molecule has 0 amide bonds. The van der Waals surface area contributed by atoms with Crippen LogP contribution in [0.2, 0.25) is 0 Å². The molecule has 0 N–H and O–H groups in total. The highest BCUT2D eigenvalue weighted by atomic mass is 15.2. The summed E-state index contributed by atoms with van der Waals surface area (Å²) < 4.78 is 6.54. The van der Waals surface area contributed by atoms with Crippen molar-refractivity contribution >= 4 is 44.9 Å². The van der Waals surface area contributed by atoms with Crippen LogP contribution < -0.4 is 4.58 Å². The van der Waals surface area contributed by atoms with Gasteiger partial charge < -0.3 is 0 Å². The molecule has 0 atom stereocenters. The molecule has 2 aromatic heterocycles. The number of hydrogen-bond donors (Lipinski definition) is 0. The second-order valence-corrected chi connectivity index (χ2v) is 12.6. The van der Waals surface area contributed by atoms with E-state index in [1.807, 2.05) is 12.3 Å². The fourth-order valence-corrected chi connectivity index (χ4v) is 8.23. The number of pyridine rings is 1. The minimum Gasteiger partial charge on any atom is -0.294 e. The maximum Gasteiger partial charge on any atom is 0.496 e. The van der Waals surface area contributed by atoms with Gasteiger partial charge in [0.15, 0.2) is 7.05 Å². The van der Waals surface area contributed by atoms with Gasteiger partial charge >= 0.3 is 6.01 Å². The molecule has 1 aliphatic heterocycles. The van der Waals surface area contributed by atoms with Gasteiger partial charge in [0.05, 0.1) is 16.4 Å². The van der Waals surface area contributed by atoms with E-state index in [1.54, 1.807) is 0 Å². The van der Waals surface area contributed by atoms with E-state index in [4.69, 9.17) is 4.98 Å². The lowest BCUT2D eigenvalue weighted by atomic mass is 9.67. The molecule has 0 saturated heterocycles. The van der Waals surface area contributed by atoms with E-state index in [1.165, 1.54) is 44.2 Å². The van der Waals surface area contributed by atoms with Crippen LogP contribution in [0, 0.1) is 0 Å². The molecule has 224 valence electrons. The number of aromatic nitrogens is 2. The molecule has 10 rings (SSSR count). The molecular weight excluding hydrogens is 585 g/mol. The molecule has 8 aromatic rings. The molecule has 4 heteroatoms. The van der Waals surface area contributed by atoms with Crippen LogP contribution in [0.3, 0.4) is 0 Å². The van der Waals surface area contributed by atoms with Gasteiger partial charge in [-0.2, -0.15) is 0 Å². The van der Waals surface area contributed by atoms with Crippen LogP contribution in [0.1, 0.15) is 22.3 Å². The standard InChI is InChI=1S/C44H30N4/c1-46-29-47(42-22-9-8-21-41(42)46)32-14-12-13-30(27-32)44(37-18-5-2-15-33(37)34-16-3-6-19-38(34)44)31-24-25-40-36(28-31)35-17-4-7-20-39(35)48(40)43-23-10-11-26-45-43/h2-28H,1H3/q+2. The van der Waals surface area contributed by atoms with Crippen LogP contribution in [-0.2, 0) is 5.41 Å². The smallest absolute Gasteiger partial charge is 0.294 e. The van der Waals surface area contributed by atoms with Gasteiger partial charge in [0.1, 0.15) is 5.82 Å². The summed E-state index contributed by atoms with van der Waals surface area (Å²) in [4.78, 5) is 4.76. The first-order chi connectivity index (χ1) is 23.7. The highest BCUT2D eigenvalue weighted by Gasteiger charge is 2.47. The van der Waals surface area contributed by atoms with Gasteiger partial charge in [0.2, 0.25) is 5.69 Å². The maximum atomic E-state index is 4.76. The molecule has 0 bridgehead atoms. The van der Waals surface area contributed by atoms with E-state index < -0.39 is 5.41 Å². The topological polar surface area (TPSA) is 23.8 Å². The SMILES string of the molecule is C[N+]1=C=[N+](c2cccc(C3(c4ccc5c(c4)c4ccccc4n5-c4ccccn4)c4ccccc4-c4ccccc43)c2)c2ccccc21. The Kier molecular flexibility index (Phi) is 5.63. The minimum atomic E-state index is -0.545. The molecule has 0 fully saturated rings. The van der Waals surface area contributed by atoms with Crippen LogP contribution in [0.15, 0.2) is 164 Å². The summed E-state index contributed by atoms with van der Waals surface area (Å²) >= 11 is 0. The van der Waals surface area contributed by atoms with E-state index in [-0.39, 0.29) is 0 Å². The maximum absolute atomic E-state index is 4.76. The van der Waals surface area contributed by atoms with Crippen molar-refractivity contribution in [2.75, 3.05) is 7.05 Å². The van der Waals surface area contributed by atoms with E-state index in [2.05, 4.69) is 178 Å². The zero-order chi connectivity index (χ0) is 31.8. The normalized spacial score (nSPS) is 14.0. The third-order valence-electron chi connectivity index (χ3n) is 10.2. The van der Waals surface area contributed by atoms with Crippen molar-refractivity contribution in [3.05, 3.63) is 186 Å². The van der Waals surface area contributed by atoms with Crippen molar-refractivity contribution in [3.8, 4) is 16.9 Å². The summed E-state index contributed by atoms with van der Waals surface area (Å²) in [6.45, 7) is 0. The van der Waals surface area contributed by atoms with Gasteiger partial charge in [-0.05, 0) is 68.3 Å². The first-order valence-corrected chi connectivity index (χ1v) is 16.4. The number of fused-ring (bicyclic) bond motifs is 7. The Hall–Kier alpha value is -6.35. The highest BCUT2D eigenvalue weighted by molar-refractivity contribution is 6.09. The van der Waals surface area contributed by atoms with Gasteiger partial charge in [-0.3, -0.25) is 4.57 Å². The van der Waals surface area contributed by atoms with Crippen molar-refractivity contribution in [1.82, 2.24) is 14.1 Å². The third-order valence-corrected chi connectivity index (χ3v) is 10.2.